The van der Waals surface area contributed by atoms with Gasteiger partial charge in [0.25, 0.3) is 0 Å². The van der Waals surface area contributed by atoms with Crippen LogP contribution in [0.25, 0.3) is 0 Å². The lowest BCUT2D eigenvalue weighted by Crippen LogP contribution is -2.45. The summed E-state index contributed by atoms with van der Waals surface area (Å²) < 4.78 is 11.5. The summed E-state index contributed by atoms with van der Waals surface area (Å²) in [6.45, 7) is 9.61. The lowest BCUT2D eigenvalue weighted by atomic mass is 10.1. The summed E-state index contributed by atoms with van der Waals surface area (Å²) in [4.78, 5) is 11.3. The van der Waals surface area contributed by atoms with Crippen molar-refractivity contribution >= 4 is 11.6 Å². The van der Waals surface area contributed by atoms with E-state index < -0.39 is 0 Å². The summed E-state index contributed by atoms with van der Waals surface area (Å²) in [5.41, 5.74) is 0.562. The van der Waals surface area contributed by atoms with E-state index in [9.17, 15) is 4.79 Å². The first-order valence-corrected chi connectivity index (χ1v) is 14.4. The van der Waals surface area contributed by atoms with E-state index in [-0.39, 0.29) is 11.4 Å². The predicted molar refractivity (Wildman–Crippen MR) is 154 cm³/mol. The SMILES string of the molecule is CCCCCCCC/C=C\CCCCCCCCNC(C)(C)COc1ccc(NC(C)=O)cc1OC. The van der Waals surface area contributed by atoms with Crippen molar-refractivity contribution in [3.05, 3.63) is 30.4 Å². The Morgan fingerprint density at radius 2 is 1.44 bits per heavy atom. The zero-order chi connectivity index (χ0) is 26.5. The number of ether oxygens (including phenoxy) is 2. The van der Waals surface area contributed by atoms with Crippen LogP contribution >= 0.6 is 0 Å². The summed E-state index contributed by atoms with van der Waals surface area (Å²) in [6, 6.07) is 5.45. The van der Waals surface area contributed by atoms with Crippen molar-refractivity contribution in [1.29, 1.82) is 0 Å². The molecular weight excluding hydrogens is 448 g/mol. The highest BCUT2D eigenvalue weighted by molar-refractivity contribution is 5.89. The number of hydrogen-bond acceptors (Lipinski definition) is 4. The Kier molecular flexibility index (Phi) is 17.9. The molecule has 0 aliphatic rings. The summed E-state index contributed by atoms with van der Waals surface area (Å²) in [5, 5.41) is 6.39. The van der Waals surface area contributed by atoms with E-state index >= 15 is 0 Å². The molecule has 0 radical (unpaired) electrons. The minimum atomic E-state index is -0.136. The highest BCUT2D eigenvalue weighted by Crippen LogP contribution is 2.30. The Hall–Kier alpha value is -2.01. The molecule has 0 unspecified atom stereocenters. The molecule has 0 bridgehead atoms. The average Bonchev–Trinajstić information content (AvgIpc) is 2.84. The second-order valence-corrected chi connectivity index (χ2v) is 10.6. The zero-order valence-corrected chi connectivity index (χ0v) is 23.9. The molecule has 1 rings (SSSR count). The van der Waals surface area contributed by atoms with Crippen molar-refractivity contribution in [3.8, 4) is 11.5 Å². The molecule has 0 aliphatic heterocycles. The van der Waals surface area contributed by atoms with Gasteiger partial charge in [0.05, 0.1) is 7.11 Å². The zero-order valence-electron chi connectivity index (χ0n) is 23.9. The van der Waals surface area contributed by atoms with Gasteiger partial charge in [0.1, 0.15) is 6.61 Å². The van der Waals surface area contributed by atoms with E-state index in [1.165, 1.54) is 96.8 Å². The molecule has 1 amide bonds. The number of carbonyl (C=O) groups excluding carboxylic acids is 1. The molecule has 0 atom stereocenters. The van der Waals surface area contributed by atoms with Gasteiger partial charge in [0, 0.05) is 24.2 Å². The number of methoxy groups -OCH3 is 1. The quantitative estimate of drug-likeness (QED) is 0.123. The Bertz CT molecular complexity index is 731. The second-order valence-electron chi connectivity index (χ2n) is 10.6. The lowest BCUT2D eigenvalue weighted by Gasteiger charge is -2.27. The van der Waals surface area contributed by atoms with Crippen molar-refractivity contribution in [2.24, 2.45) is 0 Å². The van der Waals surface area contributed by atoms with Gasteiger partial charge in [-0.25, -0.2) is 0 Å². The topological polar surface area (TPSA) is 59.6 Å². The van der Waals surface area contributed by atoms with Crippen molar-refractivity contribution in [2.75, 3.05) is 25.6 Å². The number of allylic oxidation sites excluding steroid dienone is 2. The third-order valence-corrected chi connectivity index (χ3v) is 6.36. The van der Waals surface area contributed by atoms with Crippen LogP contribution in [-0.2, 0) is 4.79 Å². The Morgan fingerprint density at radius 1 is 0.861 bits per heavy atom. The average molecular weight is 503 g/mol. The Labute approximate surface area is 221 Å². The molecule has 1 aromatic carbocycles. The maximum atomic E-state index is 11.3. The summed E-state index contributed by atoms with van der Waals surface area (Å²) >= 11 is 0. The molecule has 0 saturated heterocycles. The van der Waals surface area contributed by atoms with Crippen LogP contribution in [0, 0.1) is 0 Å². The molecule has 36 heavy (non-hydrogen) atoms. The molecule has 0 saturated carbocycles. The molecule has 0 fully saturated rings. The molecule has 0 aromatic heterocycles. The van der Waals surface area contributed by atoms with Crippen LogP contribution < -0.4 is 20.1 Å². The van der Waals surface area contributed by atoms with Gasteiger partial charge in [0.15, 0.2) is 11.5 Å². The van der Waals surface area contributed by atoms with Gasteiger partial charge in [0.2, 0.25) is 5.91 Å². The summed E-state index contributed by atoms with van der Waals surface area (Å²) in [7, 11) is 1.61. The molecular formula is C31H54N2O3. The maximum Gasteiger partial charge on any atom is 0.221 e. The number of amides is 1. The predicted octanol–water partition coefficient (Wildman–Crippen LogP) is 8.44. The van der Waals surface area contributed by atoms with E-state index in [1.807, 2.05) is 12.1 Å². The number of carbonyl (C=O) groups is 1. The molecule has 206 valence electrons. The summed E-state index contributed by atoms with van der Waals surface area (Å²) in [5.74, 6) is 1.19. The molecule has 0 spiro atoms. The Balaban J connectivity index is 2.06. The molecule has 5 heteroatoms. The smallest absolute Gasteiger partial charge is 0.221 e. The van der Waals surface area contributed by atoms with Crippen LogP contribution in [0.3, 0.4) is 0 Å². The second kappa shape index (κ2) is 20.1. The third kappa shape index (κ3) is 16.6. The highest BCUT2D eigenvalue weighted by atomic mass is 16.5. The Morgan fingerprint density at radius 3 is 2.03 bits per heavy atom. The molecule has 0 heterocycles. The van der Waals surface area contributed by atoms with Crippen molar-refractivity contribution < 1.29 is 14.3 Å². The minimum Gasteiger partial charge on any atom is -0.493 e. The van der Waals surface area contributed by atoms with E-state index in [0.29, 0.717) is 23.8 Å². The summed E-state index contributed by atoms with van der Waals surface area (Å²) in [6.07, 6.45) is 23.4. The van der Waals surface area contributed by atoms with Crippen molar-refractivity contribution in [2.45, 2.75) is 123 Å². The van der Waals surface area contributed by atoms with Crippen LogP contribution in [0.1, 0.15) is 118 Å². The van der Waals surface area contributed by atoms with Crippen LogP contribution in [0.2, 0.25) is 0 Å². The number of unbranched alkanes of at least 4 members (excludes halogenated alkanes) is 12. The number of hydrogen-bond donors (Lipinski definition) is 2. The van der Waals surface area contributed by atoms with Gasteiger partial charge in [-0.1, -0.05) is 76.9 Å². The van der Waals surface area contributed by atoms with Gasteiger partial charge in [-0.2, -0.15) is 0 Å². The lowest BCUT2D eigenvalue weighted by molar-refractivity contribution is -0.114. The maximum absolute atomic E-state index is 11.3. The van der Waals surface area contributed by atoms with E-state index in [2.05, 4.69) is 43.6 Å². The monoisotopic (exact) mass is 502 g/mol. The van der Waals surface area contributed by atoms with Gasteiger partial charge >= 0.3 is 0 Å². The normalized spacial score (nSPS) is 11.7. The van der Waals surface area contributed by atoms with Crippen molar-refractivity contribution in [1.82, 2.24) is 5.32 Å². The number of anilines is 1. The van der Waals surface area contributed by atoms with E-state index in [1.54, 1.807) is 13.2 Å². The van der Waals surface area contributed by atoms with Crippen LogP contribution in [0.5, 0.6) is 11.5 Å². The van der Waals surface area contributed by atoms with Crippen LogP contribution in [0.4, 0.5) is 5.69 Å². The van der Waals surface area contributed by atoms with Gasteiger partial charge < -0.3 is 20.1 Å². The van der Waals surface area contributed by atoms with E-state index in [0.717, 1.165) is 6.54 Å². The molecule has 2 N–H and O–H groups in total. The van der Waals surface area contributed by atoms with Crippen molar-refractivity contribution in [3.63, 3.8) is 0 Å². The van der Waals surface area contributed by atoms with Crippen LogP contribution in [0.15, 0.2) is 30.4 Å². The minimum absolute atomic E-state index is 0.109. The molecule has 1 aromatic rings. The third-order valence-electron chi connectivity index (χ3n) is 6.36. The van der Waals surface area contributed by atoms with Gasteiger partial charge in [-0.15, -0.1) is 0 Å². The fourth-order valence-electron chi connectivity index (χ4n) is 4.18. The standard InChI is InChI=1S/C31H54N2O3/c1-6-7-8-9-10-11-12-13-14-15-16-17-18-19-20-21-24-32-31(3,4)26-36-29-23-22-28(33-27(2)34)25-30(29)35-5/h13-14,22-23,25,32H,6-12,15-21,24,26H2,1-5H3,(H,33,34)/b14-13-. The fourth-order valence-corrected chi connectivity index (χ4v) is 4.18. The number of nitrogens with one attached hydrogen (secondary N) is 2. The first-order valence-electron chi connectivity index (χ1n) is 14.4. The first-order chi connectivity index (χ1) is 17.4. The van der Waals surface area contributed by atoms with Crippen LogP contribution in [-0.4, -0.2) is 31.7 Å². The molecule has 0 aliphatic carbocycles. The van der Waals surface area contributed by atoms with E-state index in [4.69, 9.17) is 9.47 Å². The number of benzene rings is 1. The van der Waals surface area contributed by atoms with Gasteiger partial charge in [-0.05, 0) is 64.6 Å². The molecule has 5 nitrogen and oxygen atoms in total. The fraction of sp³-hybridized carbons (Fsp3) is 0.710. The highest BCUT2D eigenvalue weighted by Gasteiger charge is 2.19. The largest absolute Gasteiger partial charge is 0.493 e. The first kappa shape index (κ1) is 32.0. The number of rotatable bonds is 22. The van der Waals surface area contributed by atoms with Gasteiger partial charge in [-0.3, -0.25) is 4.79 Å².